The van der Waals surface area contributed by atoms with Gasteiger partial charge >= 0.3 is 5.97 Å². The van der Waals surface area contributed by atoms with Crippen LogP contribution in [-0.2, 0) is 16.0 Å². The molecule has 0 aliphatic carbocycles. The van der Waals surface area contributed by atoms with Crippen molar-refractivity contribution in [3.63, 3.8) is 0 Å². The second-order valence-corrected chi connectivity index (χ2v) is 4.62. The highest BCUT2D eigenvalue weighted by Crippen LogP contribution is 2.24. The number of carboxylic acid groups (broad SMARTS) is 1. The molecule has 6 heteroatoms. The molecule has 0 bridgehead atoms. The molecule has 1 rings (SSSR count). The van der Waals surface area contributed by atoms with Crippen molar-refractivity contribution in [2.75, 3.05) is 6.54 Å². The van der Waals surface area contributed by atoms with E-state index in [1.165, 1.54) is 6.92 Å². The largest absolute Gasteiger partial charge is 0.481 e. The summed E-state index contributed by atoms with van der Waals surface area (Å²) in [5.41, 5.74) is 0.740. The van der Waals surface area contributed by atoms with Crippen molar-refractivity contribution in [2.45, 2.75) is 13.3 Å². The van der Waals surface area contributed by atoms with Crippen LogP contribution in [0.1, 0.15) is 12.5 Å². The summed E-state index contributed by atoms with van der Waals surface area (Å²) < 4.78 is 0. The van der Waals surface area contributed by atoms with Crippen LogP contribution in [0.5, 0.6) is 0 Å². The maximum Gasteiger partial charge on any atom is 0.315 e. The standard InChI is InChI=1S/C12H13Cl2NO3/c1-7(12(17)18)11(16)15-6-5-8-9(13)3-2-4-10(8)14/h2-4,7H,5-6H2,1H3,(H,15,16)(H,17,18). The van der Waals surface area contributed by atoms with Gasteiger partial charge in [-0.3, -0.25) is 9.59 Å². The Morgan fingerprint density at radius 3 is 2.39 bits per heavy atom. The number of hydrogen-bond donors (Lipinski definition) is 2. The first-order valence-corrected chi connectivity index (χ1v) is 6.12. The number of halogens is 2. The van der Waals surface area contributed by atoms with Crippen LogP contribution in [0.25, 0.3) is 0 Å². The summed E-state index contributed by atoms with van der Waals surface area (Å²) in [4.78, 5) is 22.0. The predicted molar refractivity (Wildman–Crippen MR) is 70.0 cm³/mol. The SMILES string of the molecule is CC(C(=O)O)C(=O)NCCc1c(Cl)cccc1Cl. The van der Waals surface area contributed by atoms with E-state index in [0.717, 1.165) is 5.56 Å². The van der Waals surface area contributed by atoms with Gasteiger partial charge in [0.05, 0.1) is 0 Å². The normalized spacial score (nSPS) is 11.9. The molecular formula is C12H13Cl2NO3. The van der Waals surface area contributed by atoms with Gasteiger partial charge in [0.15, 0.2) is 0 Å². The van der Waals surface area contributed by atoms with E-state index >= 15 is 0 Å². The van der Waals surface area contributed by atoms with E-state index in [1.807, 2.05) is 0 Å². The number of rotatable bonds is 5. The molecule has 0 aliphatic rings. The van der Waals surface area contributed by atoms with E-state index in [-0.39, 0.29) is 0 Å². The fraction of sp³-hybridized carbons (Fsp3) is 0.333. The van der Waals surface area contributed by atoms with Crippen molar-refractivity contribution in [3.05, 3.63) is 33.8 Å². The molecule has 1 amide bonds. The molecule has 1 aromatic carbocycles. The molecule has 0 aromatic heterocycles. The Bertz CT molecular complexity index is 442. The smallest absolute Gasteiger partial charge is 0.315 e. The van der Waals surface area contributed by atoms with Crippen LogP contribution in [0.2, 0.25) is 10.0 Å². The lowest BCUT2D eigenvalue weighted by atomic mass is 10.1. The van der Waals surface area contributed by atoms with Crippen LogP contribution in [0, 0.1) is 5.92 Å². The van der Waals surface area contributed by atoms with Gasteiger partial charge in [-0.2, -0.15) is 0 Å². The van der Waals surface area contributed by atoms with Gasteiger partial charge in [-0.05, 0) is 31.0 Å². The highest BCUT2D eigenvalue weighted by molar-refractivity contribution is 6.35. The second-order valence-electron chi connectivity index (χ2n) is 3.80. The lowest BCUT2D eigenvalue weighted by Crippen LogP contribution is -2.34. The summed E-state index contributed by atoms with van der Waals surface area (Å²) in [6.45, 7) is 1.63. The molecule has 1 atom stereocenters. The van der Waals surface area contributed by atoms with Crippen molar-refractivity contribution in [1.82, 2.24) is 5.32 Å². The zero-order valence-electron chi connectivity index (χ0n) is 9.74. The lowest BCUT2D eigenvalue weighted by molar-refractivity contribution is -0.146. The summed E-state index contributed by atoms with van der Waals surface area (Å²) in [6, 6.07) is 5.16. The van der Waals surface area contributed by atoms with Gasteiger partial charge in [0.25, 0.3) is 0 Å². The summed E-state index contributed by atoms with van der Waals surface area (Å²) in [5, 5.41) is 12.2. The van der Waals surface area contributed by atoms with Crippen molar-refractivity contribution < 1.29 is 14.7 Å². The highest BCUT2D eigenvalue weighted by atomic mass is 35.5. The quantitative estimate of drug-likeness (QED) is 0.818. The first kappa shape index (κ1) is 14.8. The number of amides is 1. The van der Waals surface area contributed by atoms with Crippen molar-refractivity contribution in [2.24, 2.45) is 5.92 Å². The Kier molecular flexibility index (Phi) is 5.44. The Hall–Kier alpha value is -1.26. The number of nitrogens with one attached hydrogen (secondary N) is 1. The van der Waals surface area contributed by atoms with E-state index < -0.39 is 17.8 Å². The van der Waals surface area contributed by atoms with Crippen molar-refractivity contribution >= 4 is 35.1 Å². The van der Waals surface area contributed by atoms with Crippen LogP contribution in [0.4, 0.5) is 0 Å². The van der Waals surface area contributed by atoms with Crippen LogP contribution in [0.3, 0.4) is 0 Å². The van der Waals surface area contributed by atoms with Gasteiger partial charge in [-0.25, -0.2) is 0 Å². The predicted octanol–water partition coefficient (Wildman–Crippen LogP) is 2.37. The number of carboxylic acids is 1. The van der Waals surface area contributed by atoms with Crippen molar-refractivity contribution in [3.8, 4) is 0 Å². The Morgan fingerprint density at radius 2 is 1.89 bits per heavy atom. The van der Waals surface area contributed by atoms with Gasteiger partial charge in [0.1, 0.15) is 5.92 Å². The van der Waals surface area contributed by atoms with Crippen LogP contribution < -0.4 is 5.32 Å². The van der Waals surface area contributed by atoms with Gasteiger partial charge in [0, 0.05) is 16.6 Å². The van der Waals surface area contributed by atoms with Crippen LogP contribution in [0.15, 0.2) is 18.2 Å². The molecule has 1 unspecified atom stereocenters. The van der Waals surface area contributed by atoms with Gasteiger partial charge < -0.3 is 10.4 Å². The molecule has 4 nitrogen and oxygen atoms in total. The Balaban J connectivity index is 2.52. The van der Waals surface area contributed by atoms with Gasteiger partial charge in [0.2, 0.25) is 5.91 Å². The maximum atomic E-state index is 11.4. The molecule has 0 saturated carbocycles. The fourth-order valence-corrected chi connectivity index (χ4v) is 1.93. The summed E-state index contributed by atoms with van der Waals surface area (Å²) >= 11 is 11.9. The summed E-state index contributed by atoms with van der Waals surface area (Å²) in [7, 11) is 0. The third-order valence-electron chi connectivity index (χ3n) is 2.50. The number of hydrogen-bond acceptors (Lipinski definition) is 2. The number of carbonyl (C=O) groups is 2. The molecule has 2 N–H and O–H groups in total. The Labute approximate surface area is 115 Å². The fourth-order valence-electron chi connectivity index (χ4n) is 1.35. The summed E-state index contributed by atoms with van der Waals surface area (Å²) in [6.07, 6.45) is 0.455. The van der Waals surface area contributed by atoms with E-state index in [9.17, 15) is 9.59 Å². The van der Waals surface area contributed by atoms with E-state index in [1.54, 1.807) is 18.2 Å². The minimum Gasteiger partial charge on any atom is -0.481 e. The highest BCUT2D eigenvalue weighted by Gasteiger charge is 2.19. The lowest BCUT2D eigenvalue weighted by Gasteiger charge is -2.10. The van der Waals surface area contributed by atoms with Gasteiger partial charge in [-0.15, -0.1) is 0 Å². The zero-order chi connectivity index (χ0) is 13.7. The molecule has 0 spiro atoms. The molecule has 18 heavy (non-hydrogen) atoms. The minimum absolute atomic E-state index is 0.292. The molecule has 0 saturated heterocycles. The third kappa shape index (κ3) is 3.89. The molecule has 0 fully saturated rings. The molecule has 0 aliphatic heterocycles. The number of benzene rings is 1. The minimum atomic E-state index is -1.15. The Morgan fingerprint density at radius 1 is 1.33 bits per heavy atom. The average Bonchev–Trinajstić information content (AvgIpc) is 2.31. The first-order valence-electron chi connectivity index (χ1n) is 5.37. The number of aliphatic carboxylic acids is 1. The third-order valence-corrected chi connectivity index (χ3v) is 3.21. The van der Waals surface area contributed by atoms with Crippen LogP contribution in [-0.4, -0.2) is 23.5 Å². The number of carbonyl (C=O) groups excluding carboxylic acids is 1. The molecular weight excluding hydrogens is 277 g/mol. The molecule has 98 valence electrons. The average molecular weight is 290 g/mol. The monoisotopic (exact) mass is 289 g/mol. The van der Waals surface area contributed by atoms with E-state index in [4.69, 9.17) is 28.3 Å². The first-order chi connectivity index (χ1) is 8.43. The van der Waals surface area contributed by atoms with E-state index in [0.29, 0.717) is 23.0 Å². The second kappa shape index (κ2) is 6.61. The zero-order valence-corrected chi connectivity index (χ0v) is 11.3. The topological polar surface area (TPSA) is 66.4 Å². The maximum absolute atomic E-state index is 11.4. The molecule has 1 aromatic rings. The van der Waals surface area contributed by atoms with Gasteiger partial charge in [-0.1, -0.05) is 29.3 Å². The molecule has 0 heterocycles. The summed E-state index contributed by atoms with van der Waals surface area (Å²) in [5.74, 6) is -2.74. The molecule has 0 radical (unpaired) electrons. The van der Waals surface area contributed by atoms with Crippen LogP contribution >= 0.6 is 23.2 Å². The van der Waals surface area contributed by atoms with E-state index in [2.05, 4.69) is 5.32 Å². The van der Waals surface area contributed by atoms with Crippen molar-refractivity contribution in [1.29, 1.82) is 0 Å².